The number of carbonyl (C=O) groups is 4. The summed E-state index contributed by atoms with van der Waals surface area (Å²) in [6.45, 7) is 5.03. The van der Waals surface area contributed by atoms with E-state index in [-0.39, 0.29) is 49.4 Å². The molecule has 34 heavy (non-hydrogen) atoms. The van der Waals surface area contributed by atoms with Crippen LogP contribution < -0.4 is 0 Å². The Kier molecular flexibility index (Phi) is 7.80. The number of piperidine rings is 1. The number of nitrogens with one attached hydrogen (secondary N) is 1. The van der Waals surface area contributed by atoms with Gasteiger partial charge in [-0.05, 0) is 51.3 Å². The number of hydrogen-bond donors (Lipinski definition) is 1. The van der Waals surface area contributed by atoms with E-state index in [4.69, 9.17) is 9.47 Å². The Morgan fingerprint density at radius 3 is 2.38 bits per heavy atom. The molecule has 0 atom stereocenters. The van der Waals surface area contributed by atoms with Crippen LogP contribution in [0.1, 0.15) is 62.2 Å². The first kappa shape index (κ1) is 25.1. The number of rotatable bonds is 7. The number of likely N-dealkylation sites (tertiary alicyclic amines) is 1. The van der Waals surface area contributed by atoms with E-state index in [2.05, 4.69) is 4.98 Å². The number of amides is 1. The van der Waals surface area contributed by atoms with Crippen LogP contribution in [0.2, 0.25) is 0 Å². The molecular formula is C24H26F2N2O6. The van der Waals surface area contributed by atoms with Crippen LogP contribution in [0.15, 0.2) is 18.2 Å². The molecular weight excluding hydrogens is 450 g/mol. The Morgan fingerprint density at radius 2 is 1.76 bits per heavy atom. The van der Waals surface area contributed by atoms with E-state index < -0.39 is 47.8 Å². The normalized spacial score (nSPS) is 14.1. The second-order valence-corrected chi connectivity index (χ2v) is 8.07. The van der Waals surface area contributed by atoms with Gasteiger partial charge < -0.3 is 19.4 Å². The van der Waals surface area contributed by atoms with Gasteiger partial charge in [0.1, 0.15) is 17.3 Å². The number of nitrogens with zero attached hydrogens (tertiary/aromatic N) is 1. The summed E-state index contributed by atoms with van der Waals surface area (Å²) in [6, 6.07) is 2.76. The predicted molar refractivity (Wildman–Crippen MR) is 116 cm³/mol. The molecule has 8 nitrogen and oxygen atoms in total. The molecule has 0 unspecified atom stereocenters. The third-order valence-corrected chi connectivity index (χ3v) is 5.82. The first-order valence-electron chi connectivity index (χ1n) is 10.9. The fourth-order valence-electron chi connectivity index (χ4n) is 4.05. The quantitative estimate of drug-likeness (QED) is 0.485. The van der Waals surface area contributed by atoms with Crippen molar-refractivity contribution in [3.05, 3.63) is 57.9 Å². The van der Waals surface area contributed by atoms with E-state index >= 15 is 0 Å². The fourth-order valence-corrected chi connectivity index (χ4v) is 4.05. The van der Waals surface area contributed by atoms with Crippen molar-refractivity contribution in [1.29, 1.82) is 0 Å². The van der Waals surface area contributed by atoms with E-state index in [0.717, 1.165) is 12.1 Å². The molecule has 1 aliphatic heterocycles. The lowest BCUT2D eigenvalue weighted by Crippen LogP contribution is -2.41. The van der Waals surface area contributed by atoms with Crippen molar-refractivity contribution in [3.8, 4) is 0 Å². The minimum absolute atomic E-state index is 0.184. The number of aromatic nitrogens is 1. The number of H-pyrrole nitrogens is 1. The number of benzene rings is 1. The number of aryl methyl sites for hydroxylation is 1. The average molecular weight is 476 g/mol. The summed E-state index contributed by atoms with van der Waals surface area (Å²) in [5, 5.41) is 0. The minimum atomic E-state index is -0.938. The zero-order valence-corrected chi connectivity index (χ0v) is 19.2. The summed E-state index contributed by atoms with van der Waals surface area (Å²) in [7, 11) is 0. The minimum Gasteiger partial charge on any atom is -0.461 e. The van der Waals surface area contributed by atoms with Crippen molar-refractivity contribution in [1.82, 2.24) is 9.88 Å². The SMILES string of the molecule is CCOC(=O)c1[nH]c(C)c(C(=O)COC(=O)C2CCN(C(=O)c3ccc(F)cc3F)CC2)c1C. The zero-order valence-electron chi connectivity index (χ0n) is 19.2. The highest BCUT2D eigenvalue weighted by atomic mass is 19.1. The second-order valence-electron chi connectivity index (χ2n) is 8.07. The first-order chi connectivity index (χ1) is 16.1. The van der Waals surface area contributed by atoms with E-state index in [1.165, 1.54) is 4.90 Å². The standard InChI is InChI=1S/C24H26F2N2O6/c1-4-33-24(32)21-13(2)20(14(3)27-21)19(29)12-34-23(31)15-7-9-28(10-8-15)22(30)17-6-5-16(25)11-18(17)26/h5-6,11,15,27H,4,7-10,12H2,1-3H3. The summed E-state index contributed by atoms with van der Waals surface area (Å²) in [5.41, 5.74) is 1.13. The summed E-state index contributed by atoms with van der Waals surface area (Å²) >= 11 is 0. The van der Waals surface area contributed by atoms with Gasteiger partial charge in [-0.25, -0.2) is 13.6 Å². The number of ketones is 1. The lowest BCUT2D eigenvalue weighted by atomic mass is 9.96. The van der Waals surface area contributed by atoms with Gasteiger partial charge in [0.2, 0.25) is 5.78 Å². The van der Waals surface area contributed by atoms with Crippen LogP contribution in [0.3, 0.4) is 0 Å². The number of hydrogen-bond acceptors (Lipinski definition) is 6. The summed E-state index contributed by atoms with van der Waals surface area (Å²) < 4.78 is 37.2. The van der Waals surface area contributed by atoms with Gasteiger partial charge in [-0.15, -0.1) is 0 Å². The topological polar surface area (TPSA) is 106 Å². The van der Waals surface area contributed by atoms with Crippen LogP contribution in [0, 0.1) is 31.4 Å². The lowest BCUT2D eigenvalue weighted by Gasteiger charge is -2.31. The van der Waals surface area contributed by atoms with Crippen LogP contribution in [-0.2, 0) is 14.3 Å². The number of carbonyl (C=O) groups excluding carboxylic acids is 4. The van der Waals surface area contributed by atoms with Crippen molar-refractivity contribution >= 4 is 23.6 Å². The Morgan fingerprint density at radius 1 is 1.09 bits per heavy atom. The van der Waals surface area contributed by atoms with Crippen molar-refractivity contribution < 1.29 is 37.4 Å². The predicted octanol–water partition coefficient (Wildman–Crippen LogP) is 3.36. The molecule has 1 fully saturated rings. The van der Waals surface area contributed by atoms with Crippen LogP contribution in [0.4, 0.5) is 8.78 Å². The van der Waals surface area contributed by atoms with E-state index in [9.17, 15) is 28.0 Å². The van der Waals surface area contributed by atoms with Gasteiger partial charge in [0, 0.05) is 30.4 Å². The molecule has 1 saturated heterocycles. The van der Waals surface area contributed by atoms with Gasteiger partial charge >= 0.3 is 11.9 Å². The van der Waals surface area contributed by atoms with Gasteiger partial charge in [0.25, 0.3) is 5.91 Å². The number of halogens is 2. The maximum Gasteiger partial charge on any atom is 0.355 e. The fraction of sp³-hybridized carbons (Fsp3) is 0.417. The molecule has 1 N–H and O–H groups in total. The van der Waals surface area contributed by atoms with Gasteiger partial charge in [-0.3, -0.25) is 14.4 Å². The van der Waals surface area contributed by atoms with Crippen LogP contribution in [0.25, 0.3) is 0 Å². The number of aromatic amines is 1. The van der Waals surface area contributed by atoms with Gasteiger partial charge in [-0.2, -0.15) is 0 Å². The zero-order chi connectivity index (χ0) is 25.0. The summed E-state index contributed by atoms with van der Waals surface area (Å²) in [5.74, 6) is -4.38. The van der Waals surface area contributed by atoms with Gasteiger partial charge in [-0.1, -0.05) is 0 Å². The number of ether oxygens (including phenoxy) is 2. The molecule has 0 spiro atoms. The smallest absolute Gasteiger partial charge is 0.355 e. The highest BCUT2D eigenvalue weighted by Crippen LogP contribution is 2.23. The van der Waals surface area contributed by atoms with Crippen molar-refractivity contribution in [2.75, 3.05) is 26.3 Å². The Balaban J connectivity index is 1.54. The van der Waals surface area contributed by atoms with Crippen LogP contribution >= 0.6 is 0 Å². The van der Waals surface area contributed by atoms with E-state index in [1.54, 1.807) is 20.8 Å². The molecule has 2 aromatic rings. The molecule has 1 aromatic carbocycles. The average Bonchev–Trinajstić information content (AvgIpc) is 3.11. The molecule has 1 amide bonds. The van der Waals surface area contributed by atoms with Gasteiger partial charge in [0.05, 0.1) is 18.1 Å². The Labute approximate surface area is 195 Å². The molecule has 0 saturated carbocycles. The Bertz CT molecular complexity index is 1120. The van der Waals surface area contributed by atoms with Crippen molar-refractivity contribution in [3.63, 3.8) is 0 Å². The monoisotopic (exact) mass is 476 g/mol. The maximum absolute atomic E-state index is 13.9. The maximum atomic E-state index is 13.9. The second kappa shape index (κ2) is 10.6. The molecule has 0 radical (unpaired) electrons. The number of esters is 2. The van der Waals surface area contributed by atoms with E-state index in [1.807, 2.05) is 0 Å². The molecule has 1 aromatic heterocycles. The number of Topliss-reactive ketones (excluding diaryl/α,β-unsaturated/α-hetero) is 1. The van der Waals surface area contributed by atoms with Crippen molar-refractivity contribution in [2.45, 2.75) is 33.6 Å². The first-order valence-corrected chi connectivity index (χ1v) is 10.9. The third kappa shape index (κ3) is 5.32. The molecule has 2 heterocycles. The molecule has 0 bridgehead atoms. The highest BCUT2D eigenvalue weighted by Gasteiger charge is 2.31. The molecule has 182 valence electrons. The molecule has 3 rings (SSSR count). The van der Waals surface area contributed by atoms with Crippen LogP contribution in [-0.4, -0.2) is 59.8 Å². The van der Waals surface area contributed by atoms with Gasteiger partial charge in [0.15, 0.2) is 6.61 Å². The van der Waals surface area contributed by atoms with Crippen LogP contribution in [0.5, 0.6) is 0 Å². The highest BCUT2D eigenvalue weighted by molar-refractivity contribution is 6.03. The summed E-state index contributed by atoms with van der Waals surface area (Å²) in [6.07, 6.45) is 0.577. The molecule has 10 heteroatoms. The largest absolute Gasteiger partial charge is 0.461 e. The van der Waals surface area contributed by atoms with E-state index in [0.29, 0.717) is 17.3 Å². The lowest BCUT2D eigenvalue weighted by molar-refractivity contribution is -0.148. The molecule has 0 aliphatic carbocycles. The third-order valence-electron chi connectivity index (χ3n) is 5.82. The van der Waals surface area contributed by atoms with Crippen molar-refractivity contribution in [2.24, 2.45) is 5.92 Å². The Hall–Kier alpha value is -3.56. The molecule has 1 aliphatic rings. The summed E-state index contributed by atoms with van der Waals surface area (Å²) in [4.78, 5) is 53.9.